The summed E-state index contributed by atoms with van der Waals surface area (Å²) in [6, 6.07) is 0. The van der Waals surface area contributed by atoms with E-state index in [0.717, 1.165) is 4.31 Å². The van der Waals surface area contributed by atoms with Crippen LogP contribution in [0, 0.1) is 0 Å². The van der Waals surface area contributed by atoms with Gasteiger partial charge in [0.25, 0.3) is 9.24 Å². The molecule has 0 aliphatic heterocycles. The van der Waals surface area contributed by atoms with Gasteiger partial charge in [-0.05, 0) is 13.3 Å². The van der Waals surface area contributed by atoms with Gasteiger partial charge in [0.2, 0.25) is 0 Å². The summed E-state index contributed by atoms with van der Waals surface area (Å²) in [6.45, 7) is 3.55. The second-order valence-electron chi connectivity index (χ2n) is 2.58. The molecule has 0 rings (SSSR count). The maximum absolute atomic E-state index is 11.0. The highest BCUT2D eigenvalue weighted by Crippen LogP contribution is 2.07. The first-order chi connectivity index (χ1) is 6.41. The van der Waals surface area contributed by atoms with E-state index in [0.29, 0.717) is 6.42 Å². The first kappa shape index (κ1) is 13.7. The zero-order valence-corrected chi connectivity index (χ0v) is 9.77. The third kappa shape index (κ3) is 5.41. The molecule has 84 valence electrons. The zero-order valence-electron chi connectivity index (χ0n) is 8.19. The zero-order chi connectivity index (χ0) is 11.2. The summed E-state index contributed by atoms with van der Waals surface area (Å²) < 4.78 is 27.4. The van der Waals surface area contributed by atoms with Crippen LogP contribution in [0.25, 0.3) is 0 Å². The summed E-state index contributed by atoms with van der Waals surface area (Å²) in [5, 5.41) is 0. The van der Waals surface area contributed by atoms with Crippen LogP contribution in [-0.2, 0) is 18.8 Å². The van der Waals surface area contributed by atoms with Crippen molar-refractivity contribution in [3.05, 3.63) is 0 Å². The molecule has 0 heterocycles. The quantitative estimate of drug-likeness (QED) is 0.510. The minimum absolute atomic E-state index is 0.213. The van der Waals surface area contributed by atoms with Crippen LogP contribution in [-0.4, -0.2) is 38.4 Å². The summed E-state index contributed by atoms with van der Waals surface area (Å²) in [5.74, 6) is -0.592. The lowest BCUT2D eigenvalue weighted by Gasteiger charge is -2.15. The highest BCUT2D eigenvalue weighted by Gasteiger charge is 2.21. The van der Waals surface area contributed by atoms with Gasteiger partial charge in [-0.2, -0.15) is 12.7 Å². The highest BCUT2D eigenvalue weighted by atomic mass is 35.7. The molecule has 14 heavy (non-hydrogen) atoms. The lowest BCUT2D eigenvalue weighted by Crippen LogP contribution is -2.34. The molecule has 0 spiro atoms. The molecule has 0 aromatic heterocycles. The molecule has 0 bridgehead atoms. The first-order valence-corrected chi connectivity index (χ1v) is 6.53. The number of carbonyl (C=O) groups is 1. The summed E-state index contributed by atoms with van der Waals surface area (Å²) in [5.41, 5.74) is 0. The van der Waals surface area contributed by atoms with Gasteiger partial charge in [-0.25, -0.2) is 0 Å². The van der Waals surface area contributed by atoms with Gasteiger partial charge in [0, 0.05) is 17.2 Å². The molecule has 0 aromatic rings. The van der Waals surface area contributed by atoms with Crippen molar-refractivity contribution in [2.45, 2.75) is 20.3 Å². The van der Waals surface area contributed by atoms with E-state index in [9.17, 15) is 13.2 Å². The van der Waals surface area contributed by atoms with Crippen molar-refractivity contribution in [2.24, 2.45) is 0 Å². The number of nitrogens with zero attached hydrogens (tertiary/aromatic N) is 1. The van der Waals surface area contributed by atoms with Gasteiger partial charge < -0.3 is 4.74 Å². The highest BCUT2D eigenvalue weighted by molar-refractivity contribution is 8.11. The molecule has 0 N–H and O–H groups in total. The van der Waals surface area contributed by atoms with Crippen molar-refractivity contribution in [3.8, 4) is 0 Å². The Balaban J connectivity index is 4.31. The Hall–Kier alpha value is -0.330. The number of hydrogen-bond donors (Lipinski definition) is 0. The van der Waals surface area contributed by atoms with Crippen LogP contribution in [0.3, 0.4) is 0 Å². The molecule has 0 aliphatic rings. The molecule has 0 fully saturated rings. The number of hydrogen-bond acceptors (Lipinski definition) is 4. The van der Waals surface area contributed by atoms with Crippen LogP contribution in [0.15, 0.2) is 0 Å². The van der Waals surface area contributed by atoms with Gasteiger partial charge in [-0.15, -0.1) is 0 Å². The Morgan fingerprint density at radius 2 is 2.00 bits per heavy atom. The largest absolute Gasteiger partial charge is 0.465 e. The van der Waals surface area contributed by atoms with E-state index < -0.39 is 15.2 Å². The van der Waals surface area contributed by atoms with Crippen molar-refractivity contribution >= 4 is 25.9 Å². The predicted octanol–water partition coefficient (Wildman–Crippen LogP) is 0.745. The average molecular weight is 244 g/mol. The van der Waals surface area contributed by atoms with E-state index in [2.05, 4.69) is 4.74 Å². The summed E-state index contributed by atoms with van der Waals surface area (Å²) >= 11 is 0. The van der Waals surface area contributed by atoms with E-state index in [-0.39, 0.29) is 19.7 Å². The van der Waals surface area contributed by atoms with Gasteiger partial charge in [0.1, 0.15) is 6.54 Å². The van der Waals surface area contributed by atoms with Crippen molar-refractivity contribution in [1.29, 1.82) is 0 Å². The standard InChI is InChI=1S/C7H14ClNO4S/c1-3-5-9(14(8,11)12)6-7(10)13-4-2/h3-6H2,1-2H3. The van der Waals surface area contributed by atoms with E-state index in [1.54, 1.807) is 13.8 Å². The minimum atomic E-state index is -3.84. The molecular formula is C7H14ClNO4S. The van der Waals surface area contributed by atoms with E-state index in [1.165, 1.54) is 0 Å². The van der Waals surface area contributed by atoms with Gasteiger partial charge >= 0.3 is 5.97 Å². The lowest BCUT2D eigenvalue weighted by atomic mass is 10.5. The third-order valence-electron chi connectivity index (χ3n) is 1.39. The summed E-state index contributed by atoms with van der Waals surface area (Å²) in [4.78, 5) is 11.0. The molecule has 0 radical (unpaired) electrons. The number of ether oxygens (including phenoxy) is 1. The number of esters is 1. The average Bonchev–Trinajstić information content (AvgIpc) is 2.02. The van der Waals surface area contributed by atoms with E-state index in [1.807, 2.05) is 0 Å². The SMILES string of the molecule is CCCN(CC(=O)OCC)S(=O)(=O)Cl. The molecular weight excluding hydrogens is 230 g/mol. The molecule has 7 heteroatoms. The molecule has 5 nitrogen and oxygen atoms in total. The minimum Gasteiger partial charge on any atom is -0.465 e. The molecule has 0 aliphatic carbocycles. The second kappa shape index (κ2) is 6.21. The number of carbonyl (C=O) groups excluding carboxylic acids is 1. The first-order valence-electron chi connectivity index (χ1n) is 4.27. The number of halogens is 1. The van der Waals surface area contributed by atoms with Crippen LogP contribution >= 0.6 is 10.7 Å². The lowest BCUT2D eigenvalue weighted by molar-refractivity contribution is -0.143. The Kier molecular flexibility index (Phi) is 6.06. The van der Waals surface area contributed by atoms with Crippen LogP contribution in [0.1, 0.15) is 20.3 Å². The second-order valence-corrected chi connectivity index (χ2v) is 5.09. The van der Waals surface area contributed by atoms with Gasteiger partial charge in [0.05, 0.1) is 6.61 Å². The normalized spacial score (nSPS) is 11.7. The molecule has 0 aromatic carbocycles. The van der Waals surface area contributed by atoms with Crippen molar-refractivity contribution in [3.63, 3.8) is 0 Å². The van der Waals surface area contributed by atoms with Crippen LogP contribution in [0.4, 0.5) is 0 Å². The number of rotatable bonds is 6. The molecule has 0 unspecified atom stereocenters. The Bertz CT molecular complexity index is 277. The monoisotopic (exact) mass is 243 g/mol. The molecule has 0 atom stereocenters. The topological polar surface area (TPSA) is 63.7 Å². The molecule has 0 amide bonds. The Labute approximate surface area is 88.5 Å². The van der Waals surface area contributed by atoms with Gasteiger partial charge in [-0.1, -0.05) is 6.92 Å². The Morgan fingerprint density at radius 3 is 2.36 bits per heavy atom. The van der Waals surface area contributed by atoms with Gasteiger partial charge in [-0.3, -0.25) is 4.79 Å². The van der Waals surface area contributed by atoms with Crippen LogP contribution in [0.5, 0.6) is 0 Å². The maximum Gasteiger partial charge on any atom is 0.321 e. The summed E-state index contributed by atoms with van der Waals surface area (Å²) in [7, 11) is 1.28. The van der Waals surface area contributed by atoms with Crippen LogP contribution in [0.2, 0.25) is 0 Å². The van der Waals surface area contributed by atoms with Crippen molar-refractivity contribution in [1.82, 2.24) is 4.31 Å². The van der Waals surface area contributed by atoms with Crippen molar-refractivity contribution < 1.29 is 17.9 Å². The van der Waals surface area contributed by atoms with Gasteiger partial charge in [0.15, 0.2) is 0 Å². The maximum atomic E-state index is 11.0. The van der Waals surface area contributed by atoms with E-state index >= 15 is 0 Å². The molecule has 0 saturated heterocycles. The summed E-state index contributed by atoms with van der Waals surface area (Å²) in [6.07, 6.45) is 0.589. The van der Waals surface area contributed by atoms with Crippen LogP contribution < -0.4 is 0 Å². The fraction of sp³-hybridized carbons (Fsp3) is 0.857. The third-order valence-corrected chi connectivity index (χ3v) is 2.91. The van der Waals surface area contributed by atoms with E-state index in [4.69, 9.17) is 10.7 Å². The fourth-order valence-electron chi connectivity index (χ4n) is 0.865. The van der Waals surface area contributed by atoms with Crippen molar-refractivity contribution in [2.75, 3.05) is 19.7 Å². The smallest absolute Gasteiger partial charge is 0.321 e. The Morgan fingerprint density at radius 1 is 1.43 bits per heavy atom. The predicted molar refractivity (Wildman–Crippen MR) is 53.3 cm³/mol. The molecule has 0 saturated carbocycles. The fourth-order valence-corrected chi connectivity index (χ4v) is 1.88.